The van der Waals surface area contributed by atoms with Gasteiger partial charge in [-0.3, -0.25) is 9.78 Å². The molecule has 0 aliphatic heterocycles. The van der Waals surface area contributed by atoms with Crippen molar-refractivity contribution in [3.05, 3.63) is 59.2 Å². The fourth-order valence-corrected chi connectivity index (χ4v) is 3.69. The molecule has 0 unspecified atom stereocenters. The predicted molar refractivity (Wildman–Crippen MR) is 103 cm³/mol. The molecule has 0 bridgehead atoms. The number of hydrogen-bond donors (Lipinski definition) is 0. The van der Waals surface area contributed by atoms with Gasteiger partial charge in [0.05, 0.1) is 30.9 Å². The summed E-state index contributed by atoms with van der Waals surface area (Å²) < 4.78 is 16.2. The number of pyridine rings is 1. The number of Topliss-reactive ketones (excluding diaryl/α,β-unsaturated/α-hetero) is 1. The number of hydrogen-bond acceptors (Lipinski definition) is 7. The topological polar surface area (TPSA) is 74.5 Å². The first-order chi connectivity index (χ1) is 13.2. The van der Waals surface area contributed by atoms with E-state index < -0.39 is 0 Å². The molecule has 0 fully saturated rings. The molecule has 136 valence electrons. The van der Waals surface area contributed by atoms with Crippen LogP contribution in [0.25, 0.3) is 21.9 Å². The molecule has 0 saturated carbocycles. The average molecular weight is 380 g/mol. The second-order valence-corrected chi connectivity index (χ2v) is 6.96. The van der Waals surface area contributed by atoms with Gasteiger partial charge in [0.15, 0.2) is 11.4 Å². The second kappa shape index (κ2) is 7.20. The van der Waals surface area contributed by atoms with Gasteiger partial charge in [-0.15, -0.1) is 11.3 Å². The number of thiophene rings is 1. The van der Waals surface area contributed by atoms with Gasteiger partial charge in [-0.1, -0.05) is 0 Å². The van der Waals surface area contributed by atoms with Crippen LogP contribution < -0.4 is 9.47 Å². The van der Waals surface area contributed by atoms with Gasteiger partial charge < -0.3 is 13.9 Å². The maximum absolute atomic E-state index is 12.7. The molecule has 4 aromatic rings. The molecule has 0 N–H and O–H groups in total. The molecular formula is C20H16N2O4S. The number of aromatic nitrogens is 2. The number of carbonyl (C=O) groups excluding carboxylic acids is 1. The smallest absolute Gasteiger partial charge is 0.237 e. The lowest BCUT2D eigenvalue weighted by molar-refractivity contribution is 0.0991. The van der Waals surface area contributed by atoms with Gasteiger partial charge in [0.25, 0.3) is 0 Å². The number of ether oxygens (including phenoxy) is 2. The standard InChI is InChI=1S/C20H16N2O4S/c1-24-12-3-5-14(17(9-12)25-2)16(23)10-13-4-6-19(27-13)20-22-15-7-8-21-11-18(15)26-20/h3-9,11H,10H2,1-2H3. The summed E-state index contributed by atoms with van der Waals surface area (Å²) in [7, 11) is 3.11. The summed E-state index contributed by atoms with van der Waals surface area (Å²) in [5.74, 6) is 1.66. The van der Waals surface area contributed by atoms with E-state index in [-0.39, 0.29) is 12.2 Å². The van der Waals surface area contributed by atoms with E-state index >= 15 is 0 Å². The maximum atomic E-state index is 12.7. The molecule has 0 atom stereocenters. The molecule has 3 heterocycles. The largest absolute Gasteiger partial charge is 0.497 e. The quantitative estimate of drug-likeness (QED) is 0.462. The van der Waals surface area contributed by atoms with E-state index in [1.54, 1.807) is 43.8 Å². The van der Waals surface area contributed by atoms with Crippen LogP contribution in [-0.4, -0.2) is 30.0 Å². The van der Waals surface area contributed by atoms with Crippen molar-refractivity contribution in [1.82, 2.24) is 9.97 Å². The zero-order valence-electron chi connectivity index (χ0n) is 14.8. The number of oxazole rings is 1. The lowest BCUT2D eigenvalue weighted by atomic mass is 10.1. The second-order valence-electron chi connectivity index (χ2n) is 5.79. The molecule has 6 nitrogen and oxygen atoms in total. The Hall–Kier alpha value is -3.19. The van der Waals surface area contributed by atoms with Crippen molar-refractivity contribution in [1.29, 1.82) is 0 Å². The average Bonchev–Trinajstić information content (AvgIpc) is 3.33. The number of carbonyl (C=O) groups is 1. The van der Waals surface area contributed by atoms with Crippen molar-refractivity contribution in [2.24, 2.45) is 0 Å². The van der Waals surface area contributed by atoms with Crippen LogP contribution in [-0.2, 0) is 6.42 Å². The van der Waals surface area contributed by atoms with Gasteiger partial charge in [-0.2, -0.15) is 0 Å². The van der Waals surface area contributed by atoms with Crippen molar-refractivity contribution < 1.29 is 18.7 Å². The van der Waals surface area contributed by atoms with E-state index in [1.807, 2.05) is 12.1 Å². The van der Waals surface area contributed by atoms with Crippen molar-refractivity contribution in [3.63, 3.8) is 0 Å². The van der Waals surface area contributed by atoms with Crippen LogP contribution in [0.2, 0.25) is 0 Å². The molecule has 0 radical (unpaired) electrons. The Morgan fingerprint density at radius 3 is 2.81 bits per heavy atom. The first-order valence-corrected chi connectivity index (χ1v) is 9.04. The minimum atomic E-state index is -0.0235. The van der Waals surface area contributed by atoms with Gasteiger partial charge in [-0.05, 0) is 30.3 Å². The van der Waals surface area contributed by atoms with E-state index in [0.717, 1.165) is 15.3 Å². The van der Waals surface area contributed by atoms with E-state index in [1.165, 1.54) is 18.4 Å². The predicted octanol–water partition coefficient (Wildman–Crippen LogP) is 4.39. The number of nitrogens with zero attached hydrogens (tertiary/aromatic N) is 2. The highest BCUT2D eigenvalue weighted by Gasteiger charge is 2.16. The van der Waals surface area contributed by atoms with Gasteiger partial charge in [0.1, 0.15) is 17.0 Å². The lowest BCUT2D eigenvalue weighted by Gasteiger charge is -2.09. The van der Waals surface area contributed by atoms with E-state index in [0.29, 0.717) is 28.5 Å². The summed E-state index contributed by atoms with van der Waals surface area (Å²) in [4.78, 5) is 23.0. The normalized spacial score (nSPS) is 10.9. The Labute approximate surface area is 159 Å². The Morgan fingerprint density at radius 2 is 2.04 bits per heavy atom. The van der Waals surface area contributed by atoms with Crippen molar-refractivity contribution in [2.45, 2.75) is 6.42 Å². The van der Waals surface area contributed by atoms with Crippen LogP contribution in [0, 0.1) is 0 Å². The molecule has 0 spiro atoms. The summed E-state index contributed by atoms with van der Waals surface area (Å²) >= 11 is 1.48. The highest BCUT2D eigenvalue weighted by Crippen LogP contribution is 2.31. The van der Waals surface area contributed by atoms with Crippen LogP contribution in [0.15, 0.2) is 53.2 Å². The molecule has 4 rings (SSSR count). The Kier molecular flexibility index (Phi) is 4.60. The molecule has 0 aliphatic carbocycles. The number of methoxy groups -OCH3 is 2. The van der Waals surface area contributed by atoms with Gasteiger partial charge >= 0.3 is 0 Å². The summed E-state index contributed by atoms with van der Waals surface area (Å²) in [6.07, 6.45) is 3.59. The highest BCUT2D eigenvalue weighted by molar-refractivity contribution is 7.15. The van der Waals surface area contributed by atoms with E-state index in [4.69, 9.17) is 13.9 Å². The first kappa shape index (κ1) is 17.2. The zero-order chi connectivity index (χ0) is 18.8. The fourth-order valence-electron chi connectivity index (χ4n) is 2.76. The van der Waals surface area contributed by atoms with Crippen LogP contribution in [0.4, 0.5) is 0 Å². The van der Waals surface area contributed by atoms with Crippen molar-refractivity contribution >= 4 is 28.2 Å². The minimum Gasteiger partial charge on any atom is -0.497 e. The maximum Gasteiger partial charge on any atom is 0.237 e. The zero-order valence-corrected chi connectivity index (χ0v) is 15.6. The summed E-state index contributed by atoms with van der Waals surface area (Å²) in [6.45, 7) is 0. The van der Waals surface area contributed by atoms with E-state index in [2.05, 4.69) is 9.97 Å². The minimum absolute atomic E-state index is 0.0235. The van der Waals surface area contributed by atoms with Gasteiger partial charge in [0.2, 0.25) is 5.89 Å². The third-order valence-corrected chi connectivity index (χ3v) is 5.18. The van der Waals surface area contributed by atoms with Gasteiger partial charge in [0, 0.05) is 23.6 Å². The SMILES string of the molecule is COc1ccc(C(=O)Cc2ccc(-c3nc4ccncc4o3)s2)c(OC)c1. The van der Waals surface area contributed by atoms with Crippen molar-refractivity contribution in [3.8, 4) is 22.3 Å². The summed E-state index contributed by atoms with van der Waals surface area (Å²) in [5.41, 5.74) is 1.93. The van der Waals surface area contributed by atoms with Crippen molar-refractivity contribution in [2.75, 3.05) is 14.2 Å². The Balaban J connectivity index is 1.56. The molecule has 27 heavy (non-hydrogen) atoms. The monoisotopic (exact) mass is 380 g/mol. The molecule has 0 saturated heterocycles. The number of fused-ring (bicyclic) bond motifs is 1. The molecule has 0 aliphatic rings. The number of benzene rings is 1. The summed E-state index contributed by atoms with van der Waals surface area (Å²) in [6, 6.07) is 10.8. The fraction of sp³-hybridized carbons (Fsp3) is 0.150. The van der Waals surface area contributed by atoms with Crippen LogP contribution in [0.5, 0.6) is 11.5 Å². The Morgan fingerprint density at radius 1 is 1.15 bits per heavy atom. The Bertz CT molecular complexity index is 1080. The molecule has 3 aromatic heterocycles. The van der Waals surface area contributed by atoms with Crippen LogP contribution in [0.1, 0.15) is 15.2 Å². The third-order valence-electron chi connectivity index (χ3n) is 4.11. The number of rotatable bonds is 6. The summed E-state index contributed by atoms with van der Waals surface area (Å²) in [5, 5.41) is 0. The molecular weight excluding hydrogens is 364 g/mol. The first-order valence-electron chi connectivity index (χ1n) is 8.23. The van der Waals surface area contributed by atoms with Crippen LogP contribution in [0.3, 0.4) is 0 Å². The number of ketones is 1. The molecule has 7 heteroatoms. The third kappa shape index (κ3) is 3.41. The highest BCUT2D eigenvalue weighted by atomic mass is 32.1. The lowest BCUT2D eigenvalue weighted by Crippen LogP contribution is -2.05. The van der Waals surface area contributed by atoms with E-state index in [9.17, 15) is 4.79 Å². The molecule has 1 aromatic carbocycles. The van der Waals surface area contributed by atoms with Gasteiger partial charge in [-0.25, -0.2) is 4.98 Å². The molecule has 0 amide bonds. The van der Waals surface area contributed by atoms with Crippen LogP contribution >= 0.6 is 11.3 Å².